The molecule has 1 amide bonds. The predicted octanol–water partition coefficient (Wildman–Crippen LogP) is 1.48. The lowest BCUT2D eigenvalue weighted by atomic mass is 10.2. The minimum absolute atomic E-state index is 0.0985. The van der Waals surface area contributed by atoms with Crippen LogP contribution < -0.4 is 5.32 Å². The number of hydrogen-bond donors (Lipinski definition) is 2. The smallest absolute Gasteiger partial charge is 0.408 e. The first-order valence-electron chi connectivity index (χ1n) is 6.31. The molecule has 1 unspecified atom stereocenters. The molecule has 7 nitrogen and oxygen atoms in total. The Morgan fingerprint density at radius 3 is 2.45 bits per heavy atom. The number of rotatable bonds is 4. The van der Waals surface area contributed by atoms with E-state index in [9.17, 15) is 14.7 Å². The van der Waals surface area contributed by atoms with Crippen LogP contribution in [0.25, 0.3) is 0 Å². The number of carboxylic acids is 1. The number of hydrogen-bond acceptors (Lipinski definition) is 4. The van der Waals surface area contributed by atoms with E-state index in [0.717, 1.165) is 5.69 Å². The first-order chi connectivity index (χ1) is 9.08. The molecule has 0 bridgehead atoms. The lowest BCUT2D eigenvalue weighted by Gasteiger charge is -2.22. The SMILES string of the molecule is Cc1cn(CC(NC(=O)OC(C)(C)C)C(=O)O)c(C)n1. The molecule has 1 aromatic rings. The lowest BCUT2D eigenvalue weighted by molar-refractivity contribution is -0.139. The van der Waals surface area contributed by atoms with E-state index in [1.807, 2.05) is 6.92 Å². The second kappa shape index (κ2) is 5.94. The molecule has 0 saturated carbocycles. The molecular weight excluding hydrogens is 262 g/mol. The van der Waals surface area contributed by atoms with Crippen molar-refractivity contribution in [1.82, 2.24) is 14.9 Å². The fourth-order valence-corrected chi connectivity index (χ4v) is 1.68. The number of nitrogens with one attached hydrogen (secondary N) is 1. The van der Waals surface area contributed by atoms with Crippen molar-refractivity contribution in [3.63, 3.8) is 0 Å². The van der Waals surface area contributed by atoms with Gasteiger partial charge in [-0.05, 0) is 34.6 Å². The van der Waals surface area contributed by atoms with Crippen LogP contribution in [0.1, 0.15) is 32.3 Å². The summed E-state index contributed by atoms with van der Waals surface area (Å²) in [5.74, 6) is -0.429. The number of aliphatic carboxylic acids is 1. The molecule has 1 aromatic heterocycles. The van der Waals surface area contributed by atoms with Crippen LogP contribution in [0.15, 0.2) is 6.20 Å². The van der Waals surface area contributed by atoms with Crippen molar-refractivity contribution in [2.75, 3.05) is 0 Å². The fraction of sp³-hybridized carbons (Fsp3) is 0.615. The Morgan fingerprint density at radius 1 is 1.45 bits per heavy atom. The van der Waals surface area contributed by atoms with Gasteiger partial charge in [0.2, 0.25) is 0 Å². The minimum atomic E-state index is -1.12. The number of carbonyl (C=O) groups is 2. The van der Waals surface area contributed by atoms with Crippen molar-refractivity contribution in [1.29, 1.82) is 0 Å². The highest BCUT2D eigenvalue weighted by Crippen LogP contribution is 2.08. The van der Waals surface area contributed by atoms with Crippen LogP contribution in [0.2, 0.25) is 0 Å². The summed E-state index contributed by atoms with van der Waals surface area (Å²) in [6.07, 6.45) is 0.988. The normalized spacial score (nSPS) is 12.8. The van der Waals surface area contributed by atoms with Gasteiger partial charge >= 0.3 is 12.1 Å². The Bertz CT molecular complexity index is 502. The fourth-order valence-electron chi connectivity index (χ4n) is 1.68. The number of imidazole rings is 1. The monoisotopic (exact) mass is 283 g/mol. The molecule has 1 heterocycles. The standard InChI is InChI=1S/C13H21N3O4/c1-8-6-16(9(2)14-8)7-10(11(17)18)15-12(19)20-13(3,4)5/h6,10H,7H2,1-5H3,(H,15,19)(H,17,18). The average molecular weight is 283 g/mol. The van der Waals surface area contributed by atoms with Gasteiger partial charge in [-0.25, -0.2) is 14.6 Å². The van der Waals surface area contributed by atoms with E-state index in [4.69, 9.17) is 4.74 Å². The molecule has 0 aliphatic carbocycles. The number of aryl methyl sites for hydroxylation is 2. The van der Waals surface area contributed by atoms with E-state index in [-0.39, 0.29) is 6.54 Å². The third-order valence-corrected chi connectivity index (χ3v) is 2.46. The minimum Gasteiger partial charge on any atom is -0.480 e. The zero-order valence-electron chi connectivity index (χ0n) is 12.4. The quantitative estimate of drug-likeness (QED) is 0.873. The number of aromatic nitrogens is 2. The van der Waals surface area contributed by atoms with Gasteiger partial charge < -0.3 is 19.7 Å². The number of alkyl carbamates (subject to hydrolysis) is 1. The van der Waals surface area contributed by atoms with E-state index < -0.39 is 23.7 Å². The summed E-state index contributed by atoms with van der Waals surface area (Å²) in [6, 6.07) is -1.07. The highest BCUT2D eigenvalue weighted by atomic mass is 16.6. The summed E-state index contributed by atoms with van der Waals surface area (Å²) in [6.45, 7) is 8.84. The molecule has 7 heteroatoms. The predicted molar refractivity (Wildman–Crippen MR) is 72.5 cm³/mol. The summed E-state index contributed by atoms with van der Waals surface area (Å²) in [5.41, 5.74) is 0.123. The van der Waals surface area contributed by atoms with Crippen molar-refractivity contribution in [3.05, 3.63) is 17.7 Å². The van der Waals surface area contributed by atoms with Crippen molar-refractivity contribution in [3.8, 4) is 0 Å². The van der Waals surface area contributed by atoms with Crippen LogP contribution >= 0.6 is 0 Å². The van der Waals surface area contributed by atoms with Crippen LogP contribution in [-0.2, 0) is 16.1 Å². The molecule has 20 heavy (non-hydrogen) atoms. The van der Waals surface area contributed by atoms with Gasteiger partial charge in [-0.15, -0.1) is 0 Å². The van der Waals surface area contributed by atoms with Gasteiger partial charge in [-0.2, -0.15) is 0 Å². The summed E-state index contributed by atoms with van der Waals surface area (Å²) in [4.78, 5) is 27.0. The molecule has 0 radical (unpaired) electrons. The number of carbonyl (C=O) groups excluding carboxylic acids is 1. The maximum absolute atomic E-state index is 11.6. The Hall–Kier alpha value is -2.05. The van der Waals surface area contributed by atoms with E-state index in [1.165, 1.54) is 0 Å². The Balaban J connectivity index is 2.73. The maximum atomic E-state index is 11.6. The highest BCUT2D eigenvalue weighted by Gasteiger charge is 2.24. The molecule has 1 atom stereocenters. The van der Waals surface area contributed by atoms with Crippen molar-refractivity contribution < 1.29 is 19.4 Å². The molecule has 112 valence electrons. The molecule has 0 saturated heterocycles. The molecule has 0 aliphatic heterocycles. The van der Waals surface area contributed by atoms with Crippen molar-refractivity contribution >= 4 is 12.1 Å². The van der Waals surface area contributed by atoms with E-state index in [2.05, 4.69) is 10.3 Å². The zero-order valence-corrected chi connectivity index (χ0v) is 12.4. The Morgan fingerprint density at radius 2 is 2.05 bits per heavy atom. The molecule has 1 rings (SSSR count). The molecular formula is C13H21N3O4. The van der Waals surface area contributed by atoms with Gasteiger partial charge in [0, 0.05) is 6.20 Å². The number of amides is 1. The summed E-state index contributed by atoms with van der Waals surface area (Å²) >= 11 is 0. The maximum Gasteiger partial charge on any atom is 0.408 e. The molecule has 0 aliphatic rings. The zero-order chi connectivity index (χ0) is 15.5. The number of ether oxygens (including phenoxy) is 1. The third-order valence-electron chi connectivity index (χ3n) is 2.46. The second-order valence-corrected chi connectivity index (χ2v) is 5.62. The number of carboxylic acid groups (broad SMARTS) is 1. The van der Waals surface area contributed by atoms with Crippen LogP contribution in [0.3, 0.4) is 0 Å². The summed E-state index contributed by atoms with van der Waals surface area (Å²) in [7, 11) is 0. The lowest BCUT2D eigenvalue weighted by Crippen LogP contribution is -2.45. The van der Waals surface area contributed by atoms with E-state index in [1.54, 1.807) is 38.5 Å². The van der Waals surface area contributed by atoms with Gasteiger partial charge in [-0.1, -0.05) is 0 Å². The molecule has 0 aromatic carbocycles. The van der Waals surface area contributed by atoms with Crippen LogP contribution in [0, 0.1) is 13.8 Å². The van der Waals surface area contributed by atoms with Crippen LogP contribution in [-0.4, -0.2) is 38.4 Å². The van der Waals surface area contributed by atoms with Crippen molar-refractivity contribution in [2.24, 2.45) is 0 Å². The topological polar surface area (TPSA) is 93.5 Å². The van der Waals surface area contributed by atoms with Gasteiger partial charge in [0.05, 0.1) is 12.2 Å². The summed E-state index contributed by atoms with van der Waals surface area (Å²) in [5, 5.41) is 11.5. The van der Waals surface area contributed by atoms with Crippen molar-refractivity contribution in [2.45, 2.75) is 52.8 Å². The number of nitrogens with zero attached hydrogens (tertiary/aromatic N) is 2. The third kappa shape index (κ3) is 4.91. The first-order valence-corrected chi connectivity index (χ1v) is 6.31. The first kappa shape index (κ1) is 16.0. The molecule has 0 spiro atoms. The van der Waals surface area contributed by atoms with Gasteiger partial charge in [0.1, 0.15) is 17.5 Å². The molecule has 2 N–H and O–H groups in total. The van der Waals surface area contributed by atoms with Crippen LogP contribution in [0.5, 0.6) is 0 Å². The van der Waals surface area contributed by atoms with E-state index >= 15 is 0 Å². The second-order valence-electron chi connectivity index (χ2n) is 5.62. The van der Waals surface area contributed by atoms with Crippen LogP contribution in [0.4, 0.5) is 4.79 Å². The summed E-state index contributed by atoms with van der Waals surface area (Å²) < 4.78 is 6.74. The van der Waals surface area contributed by atoms with Gasteiger partial charge in [0.15, 0.2) is 0 Å². The average Bonchev–Trinajstić information content (AvgIpc) is 2.53. The highest BCUT2D eigenvalue weighted by molar-refractivity contribution is 5.79. The van der Waals surface area contributed by atoms with E-state index in [0.29, 0.717) is 5.82 Å². The largest absolute Gasteiger partial charge is 0.480 e. The van der Waals surface area contributed by atoms with Gasteiger partial charge in [-0.3, -0.25) is 0 Å². The Kier molecular flexibility index (Phi) is 4.75. The van der Waals surface area contributed by atoms with Gasteiger partial charge in [0.25, 0.3) is 0 Å². The molecule has 0 fully saturated rings. The Labute approximate surface area is 118 Å².